The number of anilines is 1. The number of carbonyl (C=O) groups is 1. The van der Waals surface area contributed by atoms with E-state index in [0.717, 1.165) is 23.3 Å². The number of amides is 1. The number of ether oxygens (including phenoxy) is 1. The molecule has 0 radical (unpaired) electrons. The number of nitrogens with two attached hydrogens (primary N) is 1. The zero-order chi connectivity index (χ0) is 18.5. The van der Waals surface area contributed by atoms with Crippen LogP contribution in [0, 0.1) is 6.92 Å². The Hall–Kier alpha value is -2.11. The molecule has 6 heteroatoms. The monoisotopic (exact) mass is 334 g/mol. The Morgan fingerprint density at radius 1 is 1.33 bits per heavy atom. The maximum absolute atomic E-state index is 12.2. The highest BCUT2D eigenvalue weighted by atomic mass is 16.6. The van der Waals surface area contributed by atoms with E-state index in [1.165, 1.54) is 0 Å². The number of nitrogen functional groups attached to an aromatic ring is 1. The van der Waals surface area contributed by atoms with E-state index in [0.29, 0.717) is 12.4 Å². The van der Waals surface area contributed by atoms with Crippen LogP contribution in [0.25, 0.3) is 5.57 Å². The van der Waals surface area contributed by atoms with E-state index >= 15 is 0 Å². The Bertz CT molecular complexity index is 606. The molecule has 1 aliphatic heterocycles. The van der Waals surface area contributed by atoms with Crippen molar-refractivity contribution < 1.29 is 9.53 Å². The zero-order valence-corrected chi connectivity index (χ0v) is 15.9. The van der Waals surface area contributed by atoms with Crippen molar-refractivity contribution in [3.05, 3.63) is 23.4 Å². The van der Waals surface area contributed by atoms with E-state index in [4.69, 9.17) is 10.5 Å². The fourth-order valence-corrected chi connectivity index (χ4v) is 2.51. The summed E-state index contributed by atoms with van der Waals surface area (Å²) in [5.41, 5.74) is 8.10. The first-order valence-corrected chi connectivity index (χ1v) is 8.48. The van der Waals surface area contributed by atoms with Crippen molar-refractivity contribution in [3.8, 4) is 0 Å². The largest absolute Gasteiger partial charge is 0.444 e. The summed E-state index contributed by atoms with van der Waals surface area (Å²) in [6.07, 6.45) is 2.49. The molecule has 2 N–H and O–H groups in total. The van der Waals surface area contributed by atoms with Gasteiger partial charge in [0.1, 0.15) is 11.4 Å². The number of aryl methyl sites for hydroxylation is 1. The number of rotatable bonds is 1. The molecule has 1 aromatic rings. The summed E-state index contributed by atoms with van der Waals surface area (Å²) in [7, 11) is 0. The fraction of sp³-hybridized carbons (Fsp3) is 0.611. The minimum Gasteiger partial charge on any atom is -0.444 e. The van der Waals surface area contributed by atoms with Gasteiger partial charge in [-0.25, -0.2) is 4.79 Å². The number of nitrogens with zero attached hydrogens (tertiary/aromatic N) is 3. The van der Waals surface area contributed by atoms with Crippen LogP contribution in [-0.4, -0.2) is 39.4 Å². The van der Waals surface area contributed by atoms with Crippen LogP contribution < -0.4 is 5.73 Å². The Morgan fingerprint density at radius 2 is 1.96 bits per heavy atom. The second-order valence-corrected chi connectivity index (χ2v) is 6.66. The average Bonchev–Trinajstić information content (AvgIpc) is 2.47. The molecule has 0 spiro atoms. The van der Waals surface area contributed by atoms with Gasteiger partial charge in [0.05, 0.1) is 11.7 Å². The predicted octanol–water partition coefficient (Wildman–Crippen LogP) is 3.81. The number of aromatic nitrogens is 2. The molecule has 24 heavy (non-hydrogen) atoms. The van der Waals surface area contributed by atoms with Crippen molar-refractivity contribution in [2.24, 2.45) is 0 Å². The molecule has 1 unspecified atom stereocenters. The minimum absolute atomic E-state index is 0.0441. The molecule has 1 aromatic heterocycles. The molecule has 1 atom stereocenters. The van der Waals surface area contributed by atoms with E-state index in [1.807, 2.05) is 60.6 Å². The fourth-order valence-electron chi connectivity index (χ4n) is 2.51. The summed E-state index contributed by atoms with van der Waals surface area (Å²) in [6.45, 7) is 14.2. The molecule has 0 aromatic carbocycles. The van der Waals surface area contributed by atoms with Crippen LogP contribution in [0.4, 0.5) is 10.6 Å². The van der Waals surface area contributed by atoms with Crippen molar-refractivity contribution in [1.82, 2.24) is 15.1 Å². The van der Waals surface area contributed by atoms with Gasteiger partial charge >= 0.3 is 6.09 Å². The van der Waals surface area contributed by atoms with Crippen molar-refractivity contribution in [2.45, 2.75) is 66.5 Å². The molecule has 2 rings (SSSR count). The lowest BCUT2D eigenvalue weighted by Gasteiger charge is -2.34. The average molecular weight is 334 g/mol. The van der Waals surface area contributed by atoms with E-state index in [9.17, 15) is 4.79 Å². The lowest BCUT2D eigenvalue weighted by Crippen LogP contribution is -2.43. The smallest absolute Gasteiger partial charge is 0.410 e. The standard InChI is InChI=1S/C16H24N4O2.C2H6/c1-10-8-13(17)18-19-14(10)12-6-7-20(11(2)9-12)15(21)22-16(3,4)5;1-2/h8-9,11H,6-7H2,1-5H3,(H2,17,18);1-2H3. The first-order chi connectivity index (χ1) is 11.2. The van der Waals surface area contributed by atoms with E-state index < -0.39 is 5.60 Å². The SMILES string of the molecule is CC.Cc1cc(N)nnc1C1=CC(C)N(C(=O)OC(C)(C)C)CC1. The summed E-state index contributed by atoms with van der Waals surface area (Å²) in [6, 6.07) is 1.77. The molecule has 134 valence electrons. The molecule has 0 aliphatic carbocycles. The first kappa shape index (κ1) is 19.9. The summed E-state index contributed by atoms with van der Waals surface area (Å²) in [4.78, 5) is 13.9. The maximum Gasteiger partial charge on any atom is 0.410 e. The Kier molecular flexibility index (Phi) is 6.75. The highest BCUT2D eigenvalue weighted by Crippen LogP contribution is 2.27. The number of hydrogen-bond acceptors (Lipinski definition) is 5. The van der Waals surface area contributed by atoms with Crippen LogP contribution in [0.1, 0.15) is 59.2 Å². The van der Waals surface area contributed by atoms with Crippen molar-refractivity contribution in [3.63, 3.8) is 0 Å². The van der Waals surface area contributed by atoms with Gasteiger partial charge in [-0.1, -0.05) is 19.9 Å². The second-order valence-electron chi connectivity index (χ2n) is 6.66. The van der Waals surface area contributed by atoms with Gasteiger partial charge in [0, 0.05) is 6.54 Å². The van der Waals surface area contributed by atoms with Gasteiger partial charge in [-0.3, -0.25) is 0 Å². The topological polar surface area (TPSA) is 81.3 Å². The molecule has 1 amide bonds. The molecule has 0 bridgehead atoms. The molecule has 0 fully saturated rings. The van der Waals surface area contributed by atoms with Crippen LogP contribution in [-0.2, 0) is 4.74 Å². The van der Waals surface area contributed by atoms with Gasteiger partial charge in [-0.05, 0) is 58.2 Å². The van der Waals surface area contributed by atoms with Crippen LogP contribution in [0.5, 0.6) is 0 Å². The minimum atomic E-state index is -0.486. The molecule has 6 nitrogen and oxygen atoms in total. The normalized spacial score (nSPS) is 17.5. The van der Waals surface area contributed by atoms with Crippen LogP contribution in [0.15, 0.2) is 12.1 Å². The van der Waals surface area contributed by atoms with Gasteiger partial charge < -0.3 is 15.4 Å². The third kappa shape index (κ3) is 5.22. The molecular weight excluding hydrogens is 304 g/mol. The Morgan fingerprint density at radius 3 is 2.46 bits per heavy atom. The summed E-state index contributed by atoms with van der Waals surface area (Å²) in [5, 5.41) is 8.11. The number of carbonyl (C=O) groups excluding carboxylic acids is 1. The van der Waals surface area contributed by atoms with Crippen molar-refractivity contribution in [2.75, 3.05) is 12.3 Å². The van der Waals surface area contributed by atoms with Crippen LogP contribution >= 0.6 is 0 Å². The quantitative estimate of drug-likeness (QED) is 0.844. The third-order valence-corrected chi connectivity index (χ3v) is 3.49. The third-order valence-electron chi connectivity index (χ3n) is 3.49. The summed E-state index contributed by atoms with van der Waals surface area (Å²) in [5.74, 6) is 0.418. The van der Waals surface area contributed by atoms with E-state index in [1.54, 1.807) is 4.90 Å². The highest BCUT2D eigenvalue weighted by molar-refractivity contribution is 5.73. The van der Waals surface area contributed by atoms with E-state index in [2.05, 4.69) is 10.2 Å². The van der Waals surface area contributed by atoms with Crippen molar-refractivity contribution in [1.29, 1.82) is 0 Å². The summed E-state index contributed by atoms with van der Waals surface area (Å²) >= 11 is 0. The first-order valence-electron chi connectivity index (χ1n) is 8.48. The van der Waals surface area contributed by atoms with Crippen molar-refractivity contribution >= 4 is 17.5 Å². The number of hydrogen-bond donors (Lipinski definition) is 1. The molecule has 0 saturated heterocycles. The predicted molar refractivity (Wildman–Crippen MR) is 97.5 cm³/mol. The van der Waals surface area contributed by atoms with Gasteiger partial charge in [0.2, 0.25) is 0 Å². The molecule has 1 aliphatic rings. The lowest BCUT2D eigenvalue weighted by atomic mass is 9.98. The van der Waals surface area contributed by atoms with Crippen LogP contribution in [0.2, 0.25) is 0 Å². The zero-order valence-electron chi connectivity index (χ0n) is 15.9. The lowest BCUT2D eigenvalue weighted by molar-refractivity contribution is 0.0209. The van der Waals surface area contributed by atoms with Gasteiger partial charge in [-0.2, -0.15) is 0 Å². The second kappa shape index (κ2) is 8.13. The van der Waals surface area contributed by atoms with Crippen LogP contribution in [0.3, 0.4) is 0 Å². The Balaban J connectivity index is 0.00000139. The van der Waals surface area contributed by atoms with Gasteiger partial charge in [-0.15, -0.1) is 10.2 Å². The molecule has 0 saturated carbocycles. The maximum atomic E-state index is 12.2. The van der Waals surface area contributed by atoms with Gasteiger partial charge in [0.25, 0.3) is 0 Å². The van der Waals surface area contributed by atoms with E-state index in [-0.39, 0.29) is 12.1 Å². The highest BCUT2D eigenvalue weighted by Gasteiger charge is 2.28. The molecule has 2 heterocycles. The Labute approximate surface area is 145 Å². The summed E-state index contributed by atoms with van der Waals surface area (Å²) < 4.78 is 5.44. The van der Waals surface area contributed by atoms with Gasteiger partial charge in [0.15, 0.2) is 0 Å². The molecular formula is C18H30N4O2.